The van der Waals surface area contributed by atoms with Crippen LogP contribution in [0, 0.1) is 10.1 Å². The van der Waals surface area contributed by atoms with Crippen LogP contribution in [0.25, 0.3) is 0 Å². The van der Waals surface area contributed by atoms with Gasteiger partial charge in [-0.15, -0.1) is 0 Å². The van der Waals surface area contributed by atoms with E-state index >= 15 is 0 Å². The Morgan fingerprint density at radius 3 is 2.46 bits per heavy atom. The first kappa shape index (κ1) is 19.1. The Hall–Kier alpha value is -3.24. The molecule has 0 fully saturated rings. The van der Waals surface area contributed by atoms with E-state index in [-0.39, 0.29) is 23.0 Å². The molecule has 2 aromatic heterocycles. The molecule has 2 heterocycles. The quantitative estimate of drug-likeness (QED) is 0.604. The summed E-state index contributed by atoms with van der Waals surface area (Å²) in [5.41, 5.74) is -0.910. The van der Waals surface area contributed by atoms with Crippen LogP contribution in [-0.4, -0.2) is 55.3 Å². The fourth-order valence-corrected chi connectivity index (χ4v) is 2.25. The smallest absolute Gasteiger partial charge is 0.307 e. The summed E-state index contributed by atoms with van der Waals surface area (Å²) >= 11 is 0. The third kappa shape index (κ3) is 3.41. The van der Waals surface area contributed by atoms with Gasteiger partial charge in [0.05, 0.1) is 16.8 Å². The molecule has 11 nitrogen and oxygen atoms in total. The van der Waals surface area contributed by atoms with Crippen molar-refractivity contribution in [3.63, 3.8) is 0 Å². The van der Waals surface area contributed by atoms with E-state index in [0.717, 1.165) is 6.20 Å². The van der Waals surface area contributed by atoms with Crippen molar-refractivity contribution >= 4 is 23.2 Å². The number of aromatic nitrogens is 4. The van der Waals surface area contributed by atoms with Crippen LogP contribution >= 0.6 is 0 Å². The molecule has 11 heteroatoms. The van der Waals surface area contributed by atoms with Gasteiger partial charge in [-0.3, -0.25) is 29.1 Å². The summed E-state index contributed by atoms with van der Waals surface area (Å²) in [6, 6.07) is 0. The summed E-state index contributed by atoms with van der Waals surface area (Å²) < 4.78 is 2.70. The van der Waals surface area contributed by atoms with Crippen LogP contribution in [0.4, 0.5) is 11.4 Å². The molecule has 1 N–H and O–H groups in total. The Morgan fingerprint density at radius 1 is 1.31 bits per heavy atom. The lowest BCUT2D eigenvalue weighted by atomic mass is 10.0. The van der Waals surface area contributed by atoms with Crippen molar-refractivity contribution in [3.05, 3.63) is 34.4 Å². The average Bonchev–Trinajstić information content (AvgIpc) is 3.21. The predicted molar refractivity (Wildman–Crippen MR) is 92.8 cm³/mol. The number of aryl methyl sites for hydroxylation is 1. The van der Waals surface area contributed by atoms with Crippen molar-refractivity contribution < 1.29 is 14.5 Å². The second-order valence-electron chi connectivity index (χ2n) is 6.34. The van der Waals surface area contributed by atoms with Crippen LogP contribution in [0.15, 0.2) is 18.6 Å². The Labute approximate surface area is 149 Å². The van der Waals surface area contributed by atoms with Crippen LogP contribution in [0.5, 0.6) is 0 Å². The van der Waals surface area contributed by atoms with Gasteiger partial charge in [0.2, 0.25) is 0 Å². The van der Waals surface area contributed by atoms with E-state index in [1.165, 1.54) is 26.7 Å². The number of amides is 2. The van der Waals surface area contributed by atoms with Crippen molar-refractivity contribution in [3.8, 4) is 0 Å². The topological polar surface area (TPSA) is 128 Å². The zero-order valence-corrected chi connectivity index (χ0v) is 15.3. The van der Waals surface area contributed by atoms with Crippen LogP contribution in [0.2, 0.25) is 0 Å². The molecule has 0 saturated carbocycles. The molecule has 140 valence electrons. The number of hydrogen-bond acceptors (Lipinski definition) is 6. The van der Waals surface area contributed by atoms with Gasteiger partial charge in [-0.25, -0.2) is 0 Å². The molecule has 0 aromatic carbocycles. The minimum Gasteiger partial charge on any atom is -0.343 e. The standard InChI is InChI=1S/C15H21N7O4/c1-6-20-12(13(23)19(4)5)11(8-16-20)18-14(24)15(2,3)21-9-10(7-17-21)22(25)26/h7-9H,6H2,1-5H3,(H,18,24). The largest absolute Gasteiger partial charge is 0.343 e. The highest BCUT2D eigenvalue weighted by atomic mass is 16.6. The highest BCUT2D eigenvalue weighted by molar-refractivity contribution is 6.04. The molecule has 0 saturated heterocycles. The normalized spacial score (nSPS) is 11.3. The number of rotatable bonds is 6. The second-order valence-corrected chi connectivity index (χ2v) is 6.34. The van der Waals surface area contributed by atoms with E-state index in [1.54, 1.807) is 27.9 Å². The van der Waals surface area contributed by atoms with Gasteiger partial charge in [0.1, 0.15) is 23.6 Å². The zero-order valence-electron chi connectivity index (χ0n) is 15.3. The van der Waals surface area contributed by atoms with Gasteiger partial charge >= 0.3 is 5.69 Å². The molecule has 0 spiro atoms. The van der Waals surface area contributed by atoms with Crippen LogP contribution < -0.4 is 5.32 Å². The molecule has 2 rings (SSSR count). The van der Waals surface area contributed by atoms with Crippen LogP contribution in [0.1, 0.15) is 31.3 Å². The average molecular weight is 363 g/mol. The third-order valence-corrected chi connectivity index (χ3v) is 3.90. The van der Waals surface area contributed by atoms with E-state index in [1.807, 2.05) is 6.92 Å². The molecule has 0 aliphatic carbocycles. The van der Waals surface area contributed by atoms with Crippen LogP contribution in [-0.2, 0) is 16.9 Å². The number of nitrogens with one attached hydrogen (secondary N) is 1. The third-order valence-electron chi connectivity index (χ3n) is 3.90. The Morgan fingerprint density at radius 2 is 1.96 bits per heavy atom. The highest BCUT2D eigenvalue weighted by Gasteiger charge is 2.33. The van der Waals surface area contributed by atoms with Gasteiger partial charge < -0.3 is 10.2 Å². The summed E-state index contributed by atoms with van der Waals surface area (Å²) in [6.45, 7) is 5.42. The summed E-state index contributed by atoms with van der Waals surface area (Å²) in [7, 11) is 3.21. The van der Waals surface area contributed by atoms with Crippen molar-refractivity contribution in [2.24, 2.45) is 0 Å². The van der Waals surface area contributed by atoms with Crippen molar-refractivity contribution in [2.45, 2.75) is 32.9 Å². The SMILES string of the molecule is CCn1ncc(NC(=O)C(C)(C)n2cc([N+](=O)[O-])cn2)c1C(=O)N(C)C. The molecule has 0 atom stereocenters. The number of carbonyl (C=O) groups is 2. The fourth-order valence-electron chi connectivity index (χ4n) is 2.25. The maximum Gasteiger partial charge on any atom is 0.307 e. The number of nitro groups is 1. The molecule has 0 unspecified atom stereocenters. The molecular formula is C15H21N7O4. The summed E-state index contributed by atoms with van der Waals surface area (Å²) in [6.07, 6.45) is 3.66. The number of anilines is 1. The molecule has 2 aromatic rings. The molecule has 0 aliphatic rings. The maximum absolute atomic E-state index is 12.8. The maximum atomic E-state index is 12.8. The molecule has 26 heavy (non-hydrogen) atoms. The van der Waals surface area contributed by atoms with Gasteiger partial charge in [-0.2, -0.15) is 10.2 Å². The lowest BCUT2D eigenvalue weighted by Crippen LogP contribution is -2.41. The van der Waals surface area contributed by atoms with Gasteiger partial charge in [0, 0.05) is 20.6 Å². The zero-order chi connectivity index (χ0) is 19.6. The van der Waals surface area contributed by atoms with Gasteiger partial charge in [-0.05, 0) is 20.8 Å². The minimum absolute atomic E-state index is 0.215. The Balaban J connectivity index is 2.32. The van der Waals surface area contributed by atoms with E-state index in [9.17, 15) is 19.7 Å². The molecule has 0 aliphatic heterocycles. The van der Waals surface area contributed by atoms with Crippen LogP contribution in [0.3, 0.4) is 0 Å². The first-order valence-corrected chi connectivity index (χ1v) is 7.88. The van der Waals surface area contributed by atoms with Gasteiger partial charge in [0.25, 0.3) is 11.8 Å². The molecule has 2 amide bonds. The summed E-state index contributed by atoms with van der Waals surface area (Å²) in [5, 5.41) is 21.5. The van der Waals surface area contributed by atoms with E-state index in [4.69, 9.17) is 0 Å². The first-order chi connectivity index (χ1) is 12.1. The van der Waals surface area contributed by atoms with Gasteiger partial charge in [0.15, 0.2) is 0 Å². The monoisotopic (exact) mass is 363 g/mol. The molecule has 0 bridgehead atoms. The van der Waals surface area contributed by atoms with Crippen molar-refractivity contribution in [1.29, 1.82) is 0 Å². The lowest BCUT2D eigenvalue weighted by molar-refractivity contribution is -0.385. The molecular weight excluding hydrogens is 342 g/mol. The summed E-state index contributed by atoms with van der Waals surface area (Å²) in [5.74, 6) is -0.786. The molecule has 0 radical (unpaired) electrons. The summed E-state index contributed by atoms with van der Waals surface area (Å²) in [4.78, 5) is 36.8. The first-order valence-electron chi connectivity index (χ1n) is 7.88. The highest BCUT2D eigenvalue weighted by Crippen LogP contribution is 2.23. The lowest BCUT2D eigenvalue weighted by Gasteiger charge is -2.24. The van der Waals surface area contributed by atoms with Gasteiger partial charge in [-0.1, -0.05) is 0 Å². The fraction of sp³-hybridized carbons (Fsp3) is 0.467. The number of hydrogen-bond donors (Lipinski definition) is 1. The van der Waals surface area contributed by atoms with E-state index in [0.29, 0.717) is 6.54 Å². The Bertz CT molecular complexity index is 850. The number of carbonyl (C=O) groups excluding carboxylic acids is 2. The van der Waals surface area contributed by atoms with Crippen molar-refractivity contribution in [2.75, 3.05) is 19.4 Å². The van der Waals surface area contributed by atoms with Crippen molar-refractivity contribution in [1.82, 2.24) is 24.5 Å². The van der Waals surface area contributed by atoms with E-state index < -0.39 is 16.4 Å². The predicted octanol–water partition coefficient (Wildman–Crippen LogP) is 1.08. The minimum atomic E-state index is -1.22. The number of nitrogens with zero attached hydrogens (tertiary/aromatic N) is 6. The van der Waals surface area contributed by atoms with E-state index in [2.05, 4.69) is 15.5 Å². The second kappa shape index (κ2) is 6.94. The Kier molecular flexibility index (Phi) is 5.10.